The number of amides is 1. The van der Waals surface area contributed by atoms with Crippen LogP contribution in [0, 0.1) is 0 Å². The van der Waals surface area contributed by atoms with Gasteiger partial charge < -0.3 is 21.4 Å². The van der Waals surface area contributed by atoms with Crippen LogP contribution in [-0.2, 0) is 5.54 Å². The number of carbonyl (C=O) groups excluding carboxylic acids is 1. The molecule has 9 nitrogen and oxygen atoms in total. The number of nitrogens with zero attached hydrogens (tertiary/aromatic N) is 5. The molecular formula is C22H24N8O. The van der Waals surface area contributed by atoms with Gasteiger partial charge in [0.1, 0.15) is 11.5 Å². The van der Waals surface area contributed by atoms with Gasteiger partial charge in [-0.3, -0.25) is 4.79 Å². The highest BCUT2D eigenvalue weighted by atomic mass is 16.1. The molecule has 0 fully saturated rings. The molecule has 0 atom stereocenters. The molecule has 5 N–H and O–H groups in total. The summed E-state index contributed by atoms with van der Waals surface area (Å²) in [7, 11) is 1.58. The van der Waals surface area contributed by atoms with E-state index in [-0.39, 0.29) is 17.4 Å². The van der Waals surface area contributed by atoms with Gasteiger partial charge in [-0.2, -0.15) is 0 Å². The van der Waals surface area contributed by atoms with Crippen LogP contribution < -0.4 is 16.8 Å². The third kappa shape index (κ3) is 3.65. The third-order valence-corrected chi connectivity index (χ3v) is 4.93. The summed E-state index contributed by atoms with van der Waals surface area (Å²) >= 11 is 0. The van der Waals surface area contributed by atoms with Crippen LogP contribution in [0.2, 0.25) is 0 Å². The van der Waals surface area contributed by atoms with E-state index in [1.54, 1.807) is 31.6 Å². The summed E-state index contributed by atoms with van der Waals surface area (Å²) in [6.45, 7) is 6.22. The molecule has 158 valence electrons. The van der Waals surface area contributed by atoms with Crippen molar-refractivity contribution >= 4 is 28.7 Å². The average molecular weight is 416 g/mol. The van der Waals surface area contributed by atoms with Crippen molar-refractivity contribution in [1.29, 1.82) is 0 Å². The Kier molecular flexibility index (Phi) is 4.81. The Bertz CT molecular complexity index is 1290. The van der Waals surface area contributed by atoms with E-state index in [0.29, 0.717) is 22.9 Å². The maximum atomic E-state index is 12.5. The highest BCUT2D eigenvalue weighted by Gasteiger charge is 2.26. The second-order valence-corrected chi connectivity index (χ2v) is 8.19. The smallest absolute Gasteiger partial charge is 0.253 e. The van der Waals surface area contributed by atoms with E-state index in [9.17, 15) is 4.79 Å². The Hall–Kier alpha value is -4.01. The number of fused-ring (bicyclic) bond motifs is 1. The van der Waals surface area contributed by atoms with E-state index in [0.717, 1.165) is 22.2 Å². The van der Waals surface area contributed by atoms with Gasteiger partial charge in [0.25, 0.3) is 5.91 Å². The van der Waals surface area contributed by atoms with Gasteiger partial charge in [0, 0.05) is 30.5 Å². The van der Waals surface area contributed by atoms with Crippen LogP contribution in [0.5, 0.6) is 0 Å². The molecule has 0 saturated heterocycles. The van der Waals surface area contributed by atoms with Crippen LogP contribution >= 0.6 is 0 Å². The molecule has 0 radical (unpaired) electrons. The first-order chi connectivity index (χ1) is 14.7. The fraction of sp³-hybridized carbons (Fsp3) is 0.227. The van der Waals surface area contributed by atoms with E-state index in [2.05, 4.69) is 45.6 Å². The molecule has 3 aromatic heterocycles. The maximum absolute atomic E-state index is 12.5. The van der Waals surface area contributed by atoms with Crippen LogP contribution in [0.4, 0.5) is 11.8 Å². The molecule has 3 heterocycles. The highest BCUT2D eigenvalue weighted by Crippen LogP contribution is 2.34. The lowest BCUT2D eigenvalue weighted by molar-refractivity contribution is 0.0963. The van der Waals surface area contributed by atoms with Crippen molar-refractivity contribution in [1.82, 2.24) is 29.8 Å². The van der Waals surface area contributed by atoms with Crippen molar-refractivity contribution in [2.24, 2.45) is 0 Å². The molecule has 0 aliphatic carbocycles. The second-order valence-electron chi connectivity index (χ2n) is 8.19. The molecule has 0 spiro atoms. The van der Waals surface area contributed by atoms with Crippen molar-refractivity contribution < 1.29 is 4.79 Å². The standard InChI is InChI=1S/C22H24N8O/c1-22(2,3)30-16-7-5-12(13-10-26-21(24)27-11-13)9-15(16)28-19(30)18-14(20(31)25-4)6-8-17(23)29-18/h5-11H,1-4H3,(H2,23,29)(H,25,31)(H2,24,26,27). The van der Waals surface area contributed by atoms with Crippen LogP contribution in [0.3, 0.4) is 0 Å². The van der Waals surface area contributed by atoms with Crippen LogP contribution in [0.1, 0.15) is 31.1 Å². The van der Waals surface area contributed by atoms with E-state index in [1.165, 1.54) is 0 Å². The van der Waals surface area contributed by atoms with Gasteiger partial charge in [-0.15, -0.1) is 0 Å². The second kappa shape index (κ2) is 7.35. The lowest BCUT2D eigenvalue weighted by Crippen LogP contribution is -2.25. The van der Waals surface area contributed by atoms with Gasteiger partial charge in [-0.25, -0.2) is 19.9 Å². The summed E-state index contributed by atoms with van der Waals surface area (Å²) < 4.78 is 2.07. The van der Waals surface area contributed by atoms with E-state index >= 15 is 0 Å². The number of hydrogen-bond acceptors (Lipinski definition) is 7. The fourth-order valence-corrected chi connectivity index (χ4v) is 3.55. The zero-order valence-corrected chi connectivity index (χ0v) is 17.8. The number of nitrogens with one attached hydrogen (secondary N) is 1. The van der Waals surface area contributed by atoms with E-state index in [1.807, 2.05) is 18.2 Å². The molecule has 1 aromatic carbocycles. The Morgan fingerprint density at radius 2 is 1.71 bits per heavy atom. The molecule has 1 amide bonds. The zero-order valence-electron chi connectivity index (χ0n) is 17.8. The van der Waals surface area contributed by atoms with Gasteiger partial charge >= 0.3 is 0 Å². The summed E-state index contributed by atoms with van der Waals surface area (Å²) in [5.41, 5.74) is 15.5. The summed E-state index contributed by atoms with van der Waals surface area (Å²) in [5.74, 6) is 0.849. The summed E-state index contributed by atoms with van der Waals surface area (Å²) in [4.78, 5) is 30.0. The van der Waals surface area contributed by atoms with Crippen LogP contribution in [0.15, 0.2) is 42.7 Å². The number of pyridine rings is 1. The molecule has 0 bridgehead atoms. The number of imidazole rings is 1. The topological polar surface area (TPSA) is 138 Å². The van der Waals surface area contributed by atoms with Crippen molar-refractivity contribution in [3.8, 4) is 22.6 Å². The number of hydrogen-bond donors (Lipinski definition) is 3. The largest absolute Gasteiger partial charge is 0.384 e. The Morgan fingerprint density at radius 1 is 1.00 bits per heavy atom. The predicted molar refractivity (Wildman–Crippen MR) is 121 cm³/mol. The number of benzene rings is 1. The summed E-state index contributed by atoms with van der Waals surface area (Å²) in [6.07, 6.45) is 3.35. The minimum atomic E-state index is -0.331. The first kappa shape index (κ1) is 20.3. The number of anilines is 2. The Morgan fingerprint density at radius 3 is 2.35 bits per heavy atom. The number of nitrogen functional groups attached to an aromatic ring is 2. The molecule has 4 rings (SSSR count). The molecule has 9 heteroatoms. The molecule has 4 aromatic rings. The van der Waals surface area contributed by atoms with Crippen molar-refractivity contribution in [2.75, 3.05) is 18.5 Å². The molecule has 0 unspecified atom stereocenters. The van der Waals surface area contributed by atoms with Crippen molar-refractivity contribution in [3.05, 3.63) is 48.3 Å². The Labute approximate surface area is 179 Å². The van der Waals surface area contributed by atoms with E-state index < -0.39 is 0 Å². The minimum Gasteiger partial charge on any atom is -0.384 e. The minimum absolute atomic E-state index is 0.221. The van der Waals surface area contributed by atoms with Gasteiger partial charge in [-0.05, 0) is 50.6 Å². The highest BCUT2D eigenvalue weighted by molar-refractivity contribution is 6.00. The molecule has 0 aliphatic heterocycles. The van der Waals surface area contributed by atoms with Gasteiger partial charge in [-0.1, -0.05) is 6.07 Å². The lowest BCUT2D eigenvalue weighted by atomic mass is 10.1. The number of nitrogens with two attached hydrogens (primary N) is 2. The average Bonchev–Trinajstić information content (AvgIpc) is 3.12. The zero-order chi connectivity index (χ0) is 22.3. The first-order valence-electron chi connectivity index (χ1n) is 9.79. The van der Waals surface area contributed by atoms with Crippen LogP contribution in [0.25, 0.3) is 33.7 Å². The molecule has 31 heavy (non-hydrogen) atoms. The quantitative estimate of drug-likeness (QED) is 0.467. The van der Waals surface area contributed by atoms with Crippen molar-refractivity contribution in [3.63, 3.8) is 0 Å². The first-order valence-corrected chi connectivity index (χ1v) is 9.79. The number of rotatable bonds is 3. The summed E-state index contributed by atoms with van der Waals surface area (Å²) in [6, 6.07) is 9.21. The van der Waals surface area contributed by atoms with E-state index in [4.69, 9.17) is 16.5 Å². The SMILES string of the molecule is CNC(=O)c1ccc(N)nc1-c1nc2cc(-c3cnc(N)nc3)ccc2n1C(C)(C)C. The molecule has 0 aliphatic rings. The summed E-state index contributed by atoms with van der Waals surface area (Å²) in [5, 5.41) is 2.66. The van der Waals surface area contributed by atoms with Gasteiger partial charge in [0.15, 0.2) is 5.82 Å². The van der Waals surface area contributed by atoms with Crippen LogP contribution in [-0.4, -0.2) is 37.5 Å². The van der Waals surface area contributed by atoms with Gasteiger partial charge in [0.2, 0.25) is 5.95 Å². The molecular weight excluding hydrogens is 392 g/mol. The number of carbonyl (C=O) groups is 1. The third-order valence-electron chi connectivity index (χ3n) is 4.93. The normalized spacial score (nSPS) is 11.6. The fourth-order valence-electron chi connectivity index (χ4n) is 3.55. The number of aromatic nitrogens is 5. The van der Waals surface area contributed by atoms with Crippen molar-refractivity contribution in [2.45, 2.75) is 26.3 Å². The predicted octanol–water partition coefficient (Wildman–Crippen LogP) is 2.83. The Balaban J connectivity index is 1.99. The monoisotopic (exact) mass is 416 g/mol. The lowest BCUT2D eigenvalue weighted by Gasteiger charge is -2.25. The van der Waals surface area contributed by atoms with Gasteiger partial charge in [0.05, 0.1) is 16.6 Å². The maximum Gasteiger partial charge on any atom is 0.253 e. The molecule has 0 saturated carbocycles.